The van der Waals surface area contributed by atoms with Gasteiger partial charge in [0.05, 0.1) is 0 Å². The van der Waals surface area contributed by atoms with Gasteiger partial charge in [-0.1, -0.05) is 13.8 Å². The maximum Gasteiger partial charge on any atom is 0.250 e. The van der Waals surface area contributed by atoms with Crippen LogP contribution in [0.25, 0.3) is 0 Å². The summed E-state index contributed by atoms with van der Waals surface area (Å²) in [6.45, 7) is 5.45. The fourth-order valence-electron chi connectivity index (χ4n) is 1.68. The number of hydrogen-bond donors (Lipinski definition) is 2. The quantitative estimate of drug-likeness (QED) is 0.775. The van der Waals surface area contributed by atoms with E-state index in [1.54, 1.807) is 6.07 Å². The lowest BCUT2D eigenvalue weighted by molar-refractivity contribution is 0.553. The molecule has 0 aliphatic heterocycles. The Balaban J connectivity index is 1.87. The Bertz CT molecular complexity index is 504. The molecule has 1 heterocycles. The summed E-state index contributed by atoms with van der Waals surface area (Å²) in [7, 11) is -3.32. The third kappa shape index (κ3) is 4.87. The summed E-state index contributed by atoms with van der Waals surface area (Å²) >= 11 is 1.36. The first kappa shape index (κ1) is 15.0. The molecule has 1 aromatic rings. The Labute approximate surface area is 119 Å². The second-order valence-electron chi connectivity index (χ2n) is 5.46. The SMILES string of the molecule is CC(C)CCNS(=O)(=O)c1ccc(CNC2CC2)s1. The maximum atomic E-state index is 12.1. The molecule has 1 aliphatic carbocycles. The summed E-state index contributed by atoms with van der Waals surface area (Å²) in [5.74, 6) is 0.504. The van der Waals surface area contributed by atoms with E-state index in [4.69, 9.17) is 0 Å². The van der Waals surface area contributed by atoms with Crippen LogP contribution in [0.3, 0.4) is 0 Å². The van der Waals surface area contributed by atoms with Gasteiger partial charge < -0.3 is 5.32 Å². The molecule has 19 heavy (non-hydrogen) atoms. The molecular weight excluding hydrogens is 280 g/mol. The molecule has 0 aromatic carbocycles. The normalized spacial score (nSPS) is 16.2. The summed E-state index contributed by atoms with van der Waals surface area (Å²) in [6.07, 6.45) is 3.35. The van der Waals surface area contributed by atoms with Crippen molar-refractivity contribution < 1.29 is 8.42 Å². The van der Waals surface area contributed by atoms with Crippen LogP contribution in [-0.2, 0) is 16.6 Å². The average molecular weight is 302 g/mol. The van der Waals surface area contributed by atoms with Crippen LogP contribution < -0.4 is 10.0 Å². The van der Waals surface area contributed by atoms with E-state index in [1.165, 1.54) is 24.2 Å². The molecule has 1 aromatic heterocycles. The minimum Gasteiger partial charge on any atom is -0.309 e. The van der Waals surface area contributed by atoms with Crippen LogP contribution in [0, 0.1) is 5.92 Å². The van der Waals surface area contributed by atoms with Crippen molar-refractivity contribution in [3.05, 3.63) is 17.0 Å². The van der Waals surface area contributed by atoms with Gasteiger partial charge in [-0.05, 0) is 37.3 Å². The van der Waals surface area contributed by atoms with Crippen molar-refractivity contribution in [1.82, 2.24) is 10.0 Å². The average Bonchev–Trinajstić information content (AvgIpc) is 3.02. The monoisotopic (exact) mass is 302 g/mol. The molecule has 0 bridgehead atoms. The number of nitrogens with one attached hydrogen (secondary N) is 2. The fraction of sp³-hybridized carbons (Fsp3) is 0.692. The highest BCUT2D eigenvalue weighted by Gasteiger charge is 2.21. The minimum absolute atomic E-state index is 0.420. The third-order valence-corrected chi connectivity index (χ3v) is 6.10. The van der Waals surface area contributed by atoms with E-state index in [0.29, 0.717) is 22.7 Å². The number of thiophene rings is 1. The van der Waals surface area contributed by atoms with Gasteiger partial charge in [0.2, 0.25) is 10.0 Å². The summed E-state index contributed by atoms with van der Waals surface area (Å²) in [6, 6.07) is 4.25. The molecule has 4 nitrogen and oxygen atoms in total. The standard InChI is InChI=1S/C13H22N2O2S2/c1-10(2)7-8-15-19(16,17)13-6-5-12(18-13)9-14-11-3-4-11/h5-6,10-11,14-15H,3-4,7-9H2,1-2H3. The van der Waals surface area contributed by atoms with Gasteiger partial charge in [-0.15, -0.1) is 11.3 Å². The molecule has 2 N–H and O–H groups in total. The highest BCUT2D eigenvalue weighted by molar-refractivity contribution is 7.91. The van der Waals surface area contributed by atoms with Crippen LogP contribution in [0.2, 0.25) is 0 Å². The molecule has 108 valence electrons. The molecule has 6 heteroatoms. The van der Waals surface area contributed by atoms with Crippen LogP contribution in [0.1, 0.15) is 38.0 Å². The van der Waals surface area contributed by atoms with Crippen molar-refractivity contribution in [3.8, 4) is 0 Å². The van der Waals surface area contributed by atoms with E-state index in [-0.39, 0.29) is 0 Å². The molecule has 0 spiro atoms. The summed E-state index contributed by atoms with van der Waals surface area (Å²) in [5, 5.41) is 3.39. The van der Waals surface area contributed by atoms with Crippen LogP contribution >= 0.6 is 11.3 Å². The second-order valence-corrected chi connectivity index (χ2v) is 8.62. The van der Waals surface area contributed by atoms with Gasteiger partial charge in [-0.25, -0.2) is 13.1 Å². The highest BCUT2D eigenvalue weighted by atomic mass is 32.2. The van der Waals surface area contributed by atoms with Crippen LogP contribution in [0.4, 0.5) is 0 Å². The van der Waals surface area contributed by atoms with Gasteiger partial charge >= 0.3 is 0 Å². The lowest BCUT2D eigenvalue weighted by Gasteiger charge is -2.06. The van der Waals surface area contributed by atoms with Crippen molar-refractivity contribution in [2.45, 2.75) is 49.9 Å². The van der Waals surface area contributed by atoms with E-state index < -0.39 is 10.0 Å². The Morgan fingerprint density at radius 2 is 2.11 bits per heavy atom. The molecule has 0 amide bonds. The highest BCUT2D eigenvalue weighted by Crippen LogP contribution is 2.24. The van der Waals surface area contributed by atoms with Gasteiger partial charge in [0.1, 0.15) is 4.21 Å². The second kappa shape index (κ2) is 6.35. The predicted octanol–water partition coefficient (Wildman–Crippen LogP) is 2.32. The number of hydrogen-bond acceptors (Lipinski definition) is 4. The summed E-state index contributed by atoms with van der Waals surface area (Å²) in [5.41, 5.74) is 0. The number of rotatable bonds is 8. The molecule has 0 unspecified atom stereocenters. The lowest BCUT2D eigenvalue weighted by Crippen LogP contribution is -2.24. The van der Waals surface area contributed by atoms with Gasteiger partial charge in [0, 0.05) is 24.0 Å². The van der Waals surface area contributed by atoms with Gasteiger partial charge in [-0.2, -0.15) is 0 Å². The van der Waals surface area contributed by atoms with Crippen LogP contribution in [-0.4, -0.2) is 21.0 Å². The molecule has 0 saturated heterocycles. The molecule has 1 fully saturated rings. The van der Waals surface area contributed by atoms with E-state index >= 15 is 0 Å². The topological polar surface area (TPSA) is 58.2 Å². The molecular formula is C13H22N2O2S2. The van der Waals surface area contributed by atoms with Crippen LogP contribution in [0.5, 0.6) is 0 Å². The molecule has 0 atom stereocenters. The number of sulfonamides is 1. The van der Waals surface area contributed by atoms with Crippen molar-refractivity contribution in [2.24, 2.45) is 5.92 Å². The Morgan fingerprint density at radius 3 is 2.74 bits per heavy atom. The molecule has 1 aliphatic rings. The first-order chi connectivity index (χ1) is 8.97. The summed E-state index contributed by atoms with van der Waals surface area (Å²) < 4.78 is 27.2. The molecule has 0 radical (unpaired) electrons. The van der Waals surface area contributed by atoms with E-state index in [1.807, 2.05) is 6.07 Å². The van der Waals surface area contributed by atoms with Gasteiger partial charge in [0.15, 0.2) is 0 Å². The Hall–Kier alpha value is -0.430. The van der Waals surface area contributed by atoms with Crippen molar-refractivity contribution in [2.75, 3.05) is 6.54 Å². The smallest absolute Gasteiger partial charge is 0.250 e. The minimum atomic E-state index is -3.32. The molecule has 2 rings (SSSR count). The molecule has 1 saturated carbocycles. The van der Waals surface area contributed by atoms with Crippen molar-refractivity contribution in [1.29, 1.82) is 0 Å². The summed E-state index contributed by atoms with van der Waals surface area (Å²) in [4.78, 5) is 1.08. The van der Waals surface area contributed by atoms with Crippen LogP contribution in [0.15, 0.2) is 16.3 Å². The fourth-order valence-corrected chi connectivity index (χ4v) is 4.08. The van der Waals surface area contributed by atoms with E-state index in [0.717, 1.165) is 17.8 Å². The van der Waals surface area contributed by atoms with Gasteiger partial charge in [0.25, 0.3) is 0 Å². The van der Waals surface area contributed by atoms with Crippen molar-refractivity contribution >= 4 is 21.4 Å². The Morgan fingerprint density at radius 1 is 1.37 bits per heavy atom. The lowest BCUT2D eigenvalue weighted by atomic mass is 10.1. The predicted molar refractivity (Wildman–Crippen MR) is 78.8 cm³/mol. The zero-order valence-corrected chi connectivity index (χ0v) is 13.1. The van der Waals surface area contributed by atoms with Crippen molar-refractivity contribution in [3.63, 3.8) is 0 Å². The zero-order chi connectivity index (χ0) is 13.9. The van der Waals surface area contributed by atoms with E-state index in [2.05, 4.69) is 23.9 Å². The maximum absolute atomic E-state index is 12.1. The third-order valence-electron chi connectivity index (χ3n) is 3.06. The first-order valence-electron chi connectivity index (χ1n) is 6.79. The van der Waals surface area contributed by atoms with E-state index in [9.17, 15) is 8.42 Å². The largest absolute Gasteiger partial charge is 0.309 e. The Kier molecular flexibility index (Phi) is 5.00. The first-order valence-corrected chi connectivity index (χ1v) is 9.09. The zero-order valence-electron chi connectivity index (χ0n) is 11.5. The van der Waals surface area contributed by atoms with Gasteiger partial charge in [-0.3, -0.25) is 0 Å².